The lowest BCUT2D eigenvalue weighted by Gasteiger charge is -2.24. The lowest BCUT2D eigenvalue weighted by molar-refractivity contribution is 0.179. The number of hydrogen-bond acceptors (Lipinski definition) is 2. The van der Waals surface area contributed by atoms with E-state index in [4.69, 9.17) is 10.5 Å². The van der Waals surface area contributed by atoms with Gasteiger partial charge in [-0.2, -0.15) is 0 Å². The van der Waals surface area contributed by atoms with Crippen LogP contribution in [0.2, 0.25) is 0 Å². The SMILES string of the molecule is CC(N)C(Oc1cc(F)cc(Br)c1)c1ccccc1Br. The first kappa shape index (κ1) is 15.5. The Bertz CT molecular complexity index is 584. The predicted molar refractivity (Wildman–Crippen MR) is 85.3 cm³/mol. The van der Waals surface area contributed by atoms with Crippen LogP contribution in [0.5, 0.6) is 5.75 Å². The van der Waals surface area contributed by atoms with Crippen molar-refractivity contribution < 1.29 is 9.13 Å². The van der Waals surface area contributed by atoms with Crippen molar-refractivity contribution in [3.63, 3.8) is 0 Å². The van der Waals surface area contributed by atoms with E-state index in [2.05, 4.69) is 31.9 Å². The van der Waals surface area contributed by atoms with Crippen LogP contribution in [0.25, 0.3) is 0 Å². The van der Waals surface area contributed by atoms with E-state index in [1.165, 1.54) is 12.1 Å². The van der Waals surface area contributed by atoms with E-state index in [0.717, 1.165) is 10.0 Å². The molecule has 106 valence electrons. The van der Waals surface area contributed by atoms with Gasteiger partial charge < -0.3 is 10.5 Å². The third-order valence-corrected chi connectivity index (χ3v) is 3.97. The minimum atomic E-state index is -0.362. The first-order chi connectivity index (χ1) is 9.47. The number of rotatable bonds is 4. The molecule has 0 bridgehead atoms. The third kappa shape index (κ3) is 3.81. The fourth-order valence-corrected chi connectivity index (χ4v) is 2.86. The monoisotopic (exact) mass is 401 g/mol. The second-order valence-electron chi connectivity index (χ2n) is 4.52. The van der Waals surface area contributed by atoms with Gasteiger partial charge in [-0.05, 0) is 25.1 Å². The molecule has 0 aromatic heterocycles. The molecule has 2 aromatic carbocycles. The normalized spacial score (nSPS) is 13.8. The van der Waals surface area contributed by atoms with Gasteiger partial charge >= 0.3 is 0 Å². The summed E-state index contributed by atoms with van der Waals surface area (Å²) in [7, 11) is 0. The lowest BCUT2D eigenvalue weighted by atomic mass is 10.0. The largest absolute Gasteiger partial charge is 0.484 e. The molecule has 0 aliphatic rings. The molecule has 2 N–H and O–H groups in total. The standard InChI is InChI=1S/C15H14Br2FNO/c1-9(19)15(13-4-2-3-5-14(13)17)20-12-7-10(16)6-11(18)8-12/h2-9,15H,19H2,1H3. The highest BCUT2D eigenvalue weighted by atomic mass is 79.9. The number of nitrogens with two attached hydrogens (primary N) is 1. The number of hydrogen-bond donors (Lipinski definition) is 1. The highest BCUT2D eigenvalue weighted by molar-refractivity contribution is 9.10. The van der Waals surface area contributed by atoms with Gasteiger partial charge in [0, 0.05) is 26.6 Å². The first-order valence-corrected chi connectivity index (χ1v) is 7.68. The summed E-state index contributed by atoms with van der Waals surface area (Å²) in [5.41, 5.74) is 6.94. The summed E-state index contributed by atoms with van der Waals surface area (Å²) >= 11 is 6.74. The minimum Gasteiger partial charge on any atom is -0.484 e. The van der Waals surface area contributed by atoms with E-state index < -0.39 is 0 Å². The molecule has 0 amide bonds. The average molecular weight is 403 g/mol. The fraction of sp³-hybridized carbons (Fsp3) is 0.200. The van der Waals surface area contributed by atoms with Crippen LogP contribution in [0.4, 0.5) is 4.39 Å². The zero-order valence-corrected chi connectivity index (χ0v) is 14.0. The Morgan fingerprint density at radius 3 is 2.45 bits per heavy atom. The predicted octanol–water partition coefficient (Wildman–Crippen LogP) is 4.82. The van der Waals surface area contributed by atoms with Crippen LogP contribution in [0.3, 0.4) is 0 Å². The van der Waals surface area contributed by atoms with Gasteiger partial charge in [-0.3, -0.25) is 0 Å². The van der Waals surface area contributed by atoms with Crippen molar-refractivity contribution in [3.8, 4) is 5.75 Å². The Morgan fingerprint density at radius 2 is 1.85 bits per heavy atom. The van der Waals surface area contributed by atoms with Gasteiger partial charge in [-0.25, -0.2) is 4.39 Å². The highest BCUT2D eigenvalue weighted by Crippen LogP contribution is 2.31. The molecule has 2 unspecified atom stereocenters. The van der Waals surface area contributed by atoms with Crippen molar-refractivity contribution in [1.82, 2.24) is 0 Å². The second-order valence-corrected chi connectivity index (χ2v) is 6.29. The second kappa shape index (κ2) is 6.70. The smallest absolute Gasteiger partial charge is 0.140 e. The molecule has 2 rings (SSSR count). The van der Waals surface area contributed by atoms with Crippen LogP contribution < -0.4 is 10.5 Å². The van der Waals surface area contributed by atoms with Gasteiger partial charge in [0.2, 0.25) is 0 Å². The van der Waals surface area contributed by atoms with E-state index in [1.54, 1.807) is 6.07 Å². The molecule has 0 spiro atoms. The van der Waals surface area contributed by atoms with E-state index in [-0.39, 0.29) is 18.0 Å². The van der Waals surface area contributed by atoms with Crippen molar-refractivity contribution in [2.75, 3.05) is 0 Å². The number of ether oxygens (including phenoxy) is 1. The Morgan fingerprint density at radius 1 is 1.15 bits per heavy atom. The molecule has 2 nitrogen and oxygen atoms in total. The molecule has 2 aromatic rings. The van der Waals surface area contributed by atoms with Gasteiger partial charge in [0.25, 0.3) is 0 Å². The Kier molecular flexibility index (Phi) is 5.18. The van der Waals surface area contributed by atoms with E-state index >= 15 is 0 Å². The van der Waals surface area contributed by atoms with E-state index in [1.807, 2.05) is 31.2 Å². The summed E-state index contributed by atoms with van der Waals surface area (Å²) in [6.07, 6.45) is -0.362. The molecule has 0 heterocycles. The third-order valence-electron chi connectivity index (χ3n) is 2.79. The Hall–Kier alpha value is -0.910. The van der Waals surface area contributed by atoms with E-state index in [9.17, 15) is 4.39 Å². The van der Waals surface area contributed by atoms with Gasteiger partial charge in [-0.1, -0.05) is 50.1 Å². The number of halogens is 3. The molecule has 0 saturated carbocycles. The van der Waals surface area contributed by atoms with Crippen LogP contribution in [-0.4, -0.2) is 6.04 Å². The van der Waals surface area contributed by atoms with Gasteiger partial charge in [0.15, 0.2) is 0 Å². The van der Waals surface area contributed by atoms with Crippen molar-refractivity contribution in [3.05, 3.63) is 62.8 Å². The molecule has 0 fully saturated rings. The molecule has 20 heavy (non-hydrogen) atoms. The zero-order chi connectivity index (χ0) is 14.7. The van der Waals surface area contributed by atoms with Crippen LogP contribution in [0, 0.1) is 5.82 Å². The van der Waals surface area contributed by atoms with Crippen molar-refractivity contribution in [2.24, 2.45) is 5.73 Å². The summed E-state index contributed by atoms with van der Waals surface area (Å²) < 4.78 is 20.8. The summed E-state index contributed by atoms with van der Waals surface area (Å²) in [5, 5.41) is 0. The maximum atomic E-state index is 13.4. The summed E-state index contributed by atoms with van der Waals surface area (Å²) in [5.74, 6) is 0.0832. The maximum Gasteiger partial charge on any atom is 0.140 e. The molecular formula is C15H14Br2FNO. The van der Waals surface area contributed by atoms with Gasteiger partial charge in [0.05, 0.1) is 0 Å². The summed E-state index contributed by atoms with van der Waals surface area (Å²) in [6.45, 7) is 1.86. The molecular weight excluding hydrogens is 389 g/mol. The summed E-state index contributed by atoms with van der Waals surface area (Å²) in [6, 6.07) is 11.9. The minimum absolute atomic E-state index is 0.240. The molecule has 0 saturated heterocycles. The quantitative estimate of drug-likeness (QED) is 0.795. The van der Waals surface area contributed by atoms with Crippen LogP contribution in [0.15, 0.2) is 51.4 Å². The van der Waals surface area contributed by atoms with Crippen molar-refractivity contribution >= 4 is 31.9 Å². The van der Waals surface area contributed by atoms with Crippen molar-refractivity contribution in [1.29, 1.82) is 0 Å². The topological polar surface area (TPSA) is 35.2 Å². The zero-order valence-electron chi connectivity index (χ0n) is 10.8. The molecule has 0 aliphatic carbocycles. The van der Waals surface area contributed by atoms with E-state index in [0.29, 0.717) is 10.2 Å². The van der Waals surface area contributed by atoms with Crippen LogP contribution in [0.1, 0.15) is 18.6 Å². The highest BCUT2D eigenvalue weighted by Gasteiger charge is 2.21. The molecule has 0 radical (unpaired) electrons. The van der Waals surface area contributed by atoms with Crippen LogP contribution in [-0.2, 0) is 0 Å². The summed E-state index contributed by atoms with van der Waals surface area (Å²) in [4.78, 5) is 0. The Labute approximate surface area is 134 Å². The lowest BCUT2D eigenvalue weighted by Crippen LogP contribution is -2.29. The fourth-order valence-electron chi connectivity index (χ4n) is 1.90. The number of benzene rings is 2. The first-order valence-electron chi connectivity index (χ1n) is 6.10. The maximum absolute atomic E-state index is 13.4. The molecule has 0 aliphatic heterocycles. The molecule has 2 atom stereocenters. The van der Waals surface area contributed by atoms with Crippen LogP contribution >= 0.6 is 31.9 Å². The molecule has 5 heteroatoms. The average Bonchev–Trinajstić information content (AvgIpc) is 2.35. The van der Waals surface area contributed by atoms with Crippen molar-refractivity contribution in [2.45, 2.75) is 19.1 Å². The Balaban J connectivity index is 2.33. The van der Waals surface area contributed by atoms with Gasteiger partial charge in [0.1, 0.15) is 17.7 Å². The van der Waals surface area contributed by atoms with Gasteiger partial charge in [-0.15, -0.1) is 0 Å².